The standard InChI is InChI=1S/C12H22O/c1-9(2)7-8-12(6,10(3)4)11(5)13/h7,10H,8H2,1-6H3. The minimum atomic E-state index is -0.183. The van der Waals surface area contributed by atoms with Crippen molar-refractivity contribution in [3.8, 4) is 0 Å². The fourth-order valence-electron chi connectivity index (χ4n) is 1.20. The predicted molar refractivity (Wildman–Crippen MR) is 57.7 cm³/mol. The molecule has 0 saturated carbocycles. The first-order valence-electron chi connectivity index (χ1n) is 4.95. The molecule has 76 valence electrons. The van der Waals surface area contributed by atoms with Gasteiger partial charge in [0.15, 0.2) is 0 Å². The lowest BCUT2D eigenvalue weighted by Gasteiger charge is -2.30. The molecule has 0 radical (unpaired) electrons. The van der Waals surface area contributed by atoms with Crippen molar-refractivity contribution in [2.24, 2.45) is 11.3 Å². The summed E-state index contributed by atoms with van der Waals surface area (Å²) in [5.74, 6) is 0.695. The molecule has 0 bridgehead atoms. The van der Waals surface area contributed by atoms with Gasteiger partial charge in [-0.15, -0.1) is 0 Å². The SMILES string of the molecule is CC(=O)C(C)(CC=C(C)C)C(C)C. The summed E-state index contributed by atoms with van der Waals surface area (Å²) in [6.07, 6.45) is 3.02. The average Bonchev–Trinajstić information content (AvgIpc) is 1.99. The minimum absolute atomic E-state index is 0.183. The van der Waals surface area contributed by atoms with Crippen molar-refractivity contribution in [1.29, 1.82) is 0 Å². The number of rotatable bonds is 4. The zero-order valence-corrected chi connectivity index (χ0v) is 9.77. The maximum Gasteiger partial charge on any atom is 0.136 e. The van der Waals surface area contributed by atoms with Crippen molar-refractivity contribution in [2.45, 2.75) is 48.0 Å². The Morgan fingerprint density at radius 1 is 1.31 bits per heavy atom. The lowest BCUT2D eigenvalue weighted by Crippen LogP contribution is -2.30. The van der Waals surface area contributed by atoms with Crippen LogP contribution in [0.5, 0.6) is 0 Å². The Morgan fingerprint density at radius 3 is 2.00 bits per heavy atom. The largest absolute Gasteiger partial charge is 0.299 e. The Hall–Kier alpha value is -0.590. The van der Waals surface area contributed by atoms with Gasteiger partial charge in [-0.05, 0) is 33.1 Å². The van der Waals surface area contributed by atoms with Gasteiger partial charge in [0.05, 0.1) is 0 Å². The summed E-state index contributed by atoms with van der Waals surface area (Å²) in [4.78, 5) is 11.5. The van der Waals surface area contributed by atoms with E-state index in [4.69, 9.17) is 0 Å². The number of hydrogen-bond acceptors (Lipinski definition) is 1. The molecule has 0 aliphatic carbocycles. The normalized spacial score (nSPS) is 15.3. The zero-order valence-electron chi connectivity index (χ0n) is 9.77. The van der Waals surface area contributed by atoms with Crippen LogP contribution in [0.4, 0.5) is 0 Å². The molecule has 0 spiro atoms. The van der Waals surface area contributed by atoms with Crippen molar-refractivity contribution in [3.05, 3.63) is 11.6 Å². The van der Waals surface area contributed by atoms with Crippen molar-refractivity contribution in [1.82, 2.24) is 0 Å². The fraction of sp³-hybridized carbons (Fsp3) is 0.750. The molecule has 0 aromatic heterocycles. The molecule has 0 aliphatic rings. The van der Waals surface area contributed by atoms with E-state index in [0.717, 1.165) is 6.42 Å². The Morgan fingerprint density at radius 2 is 1.77 bits per heavy atom. The van der Waals surface area contributed by atoms with E-state index in [1.165, 1.54) is 5.57 Å². The van der Waals surface area contributed by atoms with Gasteiger partial charge in [0.2, 0.25) is 0 Å². The third-order valence-electron chi connectivity index (χ3n) is 3.01. The molecule has 0 heterocycles. The van der Waals surface area contributed by atoms with E-state index in [-0.39, 0.29) is 5.41 Å². The molecular weight excluding hydrogens is 160 g/mol. The van der Waals surface area contributed by atoms with E-state index in [2.05, 4.69) is 40.7 Å². The molecule has 0 aliphatic heterocycles. The molecule has 13 heavy (non-hydrogen) atoms. The number of carbonyl (C=O) groups excluding carboxylic acids is 1. The Bertz CT molecular complexity index is 209. The Kier molecular flexibility index (Phi) is 4.38. The summed E-state index contributed by atoms with van der Waals surface area (Å²) in [5, 5.41) is 0. The second-order valence-corrected chi connectivity index (χ2v) is 4.61. The van der Waals surface area contributed by atoms with Crippen LogP contribution in [0.2, 0.25) is 0 Å². The highest BCUT2D eigenvalue weighted by atomic mass is 16.1. The molecule has 0 aromatic rings. The number of carbonyl (C=O) groups is 1. The van der Waals surface area contributed by atoms with Gasteiger partial charge in [-0.25, -0.2) is 0 Å². The van der Waals surface area contributed by atoms with E-state index in [1.54, 1.807) is 6.92 Å². The van der Waals surface area contributed by atoms with Crippen LogP contribution in [-0.2, 0) is 4.79 Å². The minimum Gasteiger partial charge on any atom is -0.299 e. The van der Waals surface area contributed by atoms with Crippen LogP contribution in [0.1, 0.15) is 48.0 Å². The van der Waals surface area contributed by atoms with Crippen LogP contribution in [-0.4, -0.2) is 5.78 Å². The van der Waals surface area contributed by atoms with Crippen molar-refractivity contribution in [2.75, 3.05) is 0 Å². The van der Waals surface area contributed by atoms with Crippen LogP contribution in [0, 0.1) is 11.3 Å². The topological polar surface area (TPSA) is 17.1 Å². The number of hydrogen-bond donors (Lipinski definition) is 0. The summed E-state index contributed by atoms with van der Waals surface area (Å²) < 4.78 is 0. The second kappa shape index (κ2) is 4.59. The quantitative estimate of drug-likeness (QED) is 0.607. The lowest BCUT2D eigenvalue weighted by atomic mass is 9.73. The van der Waals surface area contributed by atoms with Crippen LogP contribution in [0.15, 0.2) is 11.6 Å². The summed E-state index contributed by atoms with van der Waals surface area (Å²) in [6.45, 7) is 12.1. The molecule has 0 amide bonds. The molecule has 1 heteroatoms. The highest BCUT2D eigenvalue weighted by Gasteiger charge is 2.31. The summed E-state index contributed by atoms with van der Waals surface area (Å²) in [7, 11) is 0. The van der Waals surface area contributed by atoms with Crippen molar-refractivity contribution >= 4 is 5.78 Å². The second-order valence-electron chi connectivity index (χ2n) is 4.61. The van der Waals surface area contributed by atoms with Crippen LogP contribution in [0.3, 0.4) is 0 Å². The lowest BCUT2D eigenvalue weighted by molar-refractivity contribution is -0.127. The summed E-state index contributed by atoms with van der Waals surface area (Å²) >= 11 is 0. The molecule has 1 unspecified atom stereocenters. The summed E-state index contributed by atoms with van der Waals surface area (Å²) in [6, 6.07) is 0. The first-order valence-corrected chi connectivity index (χ1v) is 4.95. The highest BCUT2D eigenvalue weighted by Crippen LogP contribution is 2.32. The third kappa shape index (κ3) is 3.33. The molecule has 1 atom stereocenters. The van der Waals surface area contributed by atoms with E-state index in [0.29, 0.717) is 11.7 Å². The molecule has 0 rings (SSSR count). The molecule has 1 nitrogen and oxygen atoms in total. The van der Waals surface area contributed by atoms with Gasteiger partial charge in [-0.3, -0.25) is 4.79 Å². The van der Waals surface area contributed by atoms with E-state index >= 15 is 0 Å². The van der Waals surface area contributed by atoms with Gasteiger partial charge < -0.3 is 0 Å². The van der Waals surface area contributed by atoms with E-state index in [1.807, 2.05) is 0 Å². The van der Waals surface area contributed by atoms with E-state index in [9.17, 15) is 4.79 Å². The number of Topliss-reactive ketones (excluding diaryl/α,β-unsaturated/α-hetero) is 1. The smallest absolute Gasteiger partial charge is 0.136 e. The molecule has 0 saturated heterocycles. The molecule has 0 aromatic carbocycles. The first kappa shape index (κ1) is 12.4. The summed E-state index contributed by atoms with van der Waals surface area (Å²) in [5.41, 5.74) is 1.10. The molecule has 0 N–H and O–H groups in total. The number of ketones is 1. The van der Waals surface area contributed by atoms with Crippen LogP contribution >= 0.6 is 0 Å². The van der Waals surface area contributed by atoms with Gasteiger partial charge in [0.1, 0.15) is 5.78 Å². The Balaban J connectivity index is 4.62. The monoisotopic (exact) mass is 182 g/mol. The van der Waals surface area contributed by atoms with Crippen LogP contribution in [0.25, 0.3) is 0 Å². The van der Waals surface area contributed by atoms with Gasteiger partial charge >= 0.3 is 0 Å². The van der Waals surface area contributed by atoms with Gasteiger partial charge in [0.25, 0.3) is 0 Å². The predicted octanol–water partition coefficient (Wildman–Crippen LogP) is 3.59. The fourth-order valence-corrected chi connectivity index (χ4v) is 1.20. The number of allylic oxidation sites excluding steroid dienone is 2. The molecular formula is C12H22O. The average molecular weight is 182 g/mol. The third-order valence-corrected chi connectivity index (χ3v) is 3.01. The maximum atomic E-state index is 11.5. The van der Waals surface area contributed by atoms with Gasteiger partial charge in [-0.2, -0.15) is 0 Å². The van der Waals surface area contributed by atoms with Gasteiger partial charge in [0, 0.05) is 5.41 Å². The Labute approximate surface area is 82.2 Å². The maximum absolute atomic E-state index is 11.5. The van der Waals surface area contributed by atoms with Crippen molar-refractivity contribution in [3.63, 3.8) is 0 Å². The van der Waals surface area contributed by atoms with Gasteiger partial charge in [-0.1, -0.05) is 32.4 Å². The molecule has 0 fully saturated rings. The first-order chi connectivity index (χ1) is 5.80. The van der Waals surface area contributed by atoms with E-state index < -0.39 is 0 Å². The zero-order chi connectivity index (χ0) is 10.6. The highest BCUT2D eigenvalue weighted by molar-refractivity contribution is 5.82. The van der Waals surface area contributed by atoms with Crippen molar-refractivity contribution < 1.29 is 4.79 Å². The van der Waals surface area contributed by atoms with Crippen LogP contribution < -0.4 is 0 Å².